The first-order chi connectivity index (χ1) is 14.9. The Morgan fingerprint density at radius 2 is 2.00 bits per heavy atom. The Balaban J connectivity index is 1.70. The summed E-state index contributed by atoms with van der Waals surface area (Å²) in [4.78, 5) is 12.4. The van der Waals surface area contributed by atoms with Crippen LogP contribution in [0.25, 0.3) is 0 Å². The molecule has 168 valence electrons. The second kappa shape index (κ2) is 7.63. The molecule has 0 saturated carbocycles. The van der Waals surface area contributed by atoms with Crippen LogP contribution in [0.2, 0.25) is 0 Å². The summed E-state index contributed by atoms with van der Waals surface area (Å²) in [5.41, 5.74) is 0.495. The Morgan fingerprint density at radius 1 is 1.25 bits per heavy atom. The average molecular weight is 459 g/mol. The molecule has 0 aliphatic carbocycles. The molecule has 0 fully saturated rings. The number of nitrogens with zero attached hydrogens (tertiary/aromatic N) is 2. The lowest BCUT2D eigenvalue weighted by atomic mass is 9.99. The summed E-state index contributed by atoms with van der Waals surface area (Å²) in [7, 11) is -1.97. The van der Waals surface area contributed by atoms with E-state index in [1.165, 1.54) is 6.07 Å². The normalized spacial score (nSPS) is 14.5. The first-order valence-electron chi connectivity index (χ1n) is 9.76. The largest absolute Gasteiger partial charge is 0.487 e. The number of nitrogens with one attached hydrogen (secondary N) is 1. The molecule has 1 aliphatic rings. The lowest BCUT2D eigenvalue weighted by Crippen LogP contribution is -2.24. The number of carbonyl (C=O) groups is 1. The van der Waals surface area contributed by atoms with Gasteiger partial charge in [-0.1, -0.05) is 0 Å². The van der Waals surface area contributed by atoms with Crippen molar-refractivity contribution in [1.29, 1.82) is 0 Å². The van der Waals surface area contributed by atoms with E-state index in [2.05, 4.69) is 10.4 Å². The number of amides is 1. The maximum Gasteiger partial charge on any atom is 0.257 e. The number of rotatable bonds is 5. The molecule has 0 spiro atoms. The molecule has 10 heteroatoms. The van der Waals surface area contributed by atoms with E-state index < -0.39 is 32.1 Å². The molecule has 4 rings (SSSR count). The molecule has 2 aromatic carbocycles. The second-order valence-corrected chi connectivity index (χ2v) is 10.3. The molecule has 8 nitrogen and oxygen atoms in total. The summed E-state index contributed by atoms with van der Waals surface area (Å²) >= 11 is 0. The molecular formula is C22H22FN3O5S. The zero-order valence-electron chi connectivity index (χ0n) is 18.0. The van der Waals surface area contributed by atoms with Crippen molar-refractivity contribution in [2.24, 2.45) is 7.05 Å². The maximum absolute atomic E-state index is 14.3. The number of hydrogen-bond acceptors (Lipinski definition) is 6. The first kappa shape index (κ1) is 21.8. The molecule has 0 saturated heterocycles. The van der Waals surface area contributed by atoms with E-state index in [0.717, 1.165) is 24.0 Å². The highest BCUT2D eigenvalue weighted by atomic mass is 32.2. The van der Waals surface area contributed by atoms with Crippen molar-refractivity contribution < 1.29 is 27.1 Å². The minimum Gasteiger partial charge on any atom is -0.487 e. The van der Waals surface area contributed by atoms with Gasteiger partial charge in [0.1, 0.15) is 33.6 Å². The Hall–Kier alpha value is -3.40. The maximum atomic E-state index is 14.3. The fourth-order valence-electron chi connectivity index (χ4n) is 3.51. The SMILES string of the molecule is Cn1ccc(NC(=O)c2cc(Oc3ccc(S(C)(=O)=O)c(F)c3)c3c(c2)OC(C)(C)C3)n1. The van der Waals surface area contributed by atoms with Crippen molar-refractivity contribution in [3.63, 3.8) is 0 Å². The van der Waals surface area contributed by atoms with E-state index in [4.69, 9.17) is 9.47 Å². The summed E-state index contributed by atoms with van der Waals surface area (Å²) in [6.07, 6.45) is 3.15. The van der Waals surface area contributed by atoms with Gasteiger partial charge in [0.25, 0.3) is 5.91 Å². The van der Waals surface area contributed by atoms with Crippen LogP contribution in [0.1, 0.15) is 29.8 Å². The van der Waals surface area contributed by atoms with Gasteiger partial charge in [0, 0.05) is 49.2 Å². The van der Waals surface area contributed by atoms with E-state index >= 15 is 0 Å². The molecule has 1 aliphatic heterocycles. The number of sulfone groups is 1. The number of hydrogen-bond donors (Lipinski definition) is 1. The van der Waals surface area contributed by atoms with Crippen LogP contribution < -0.4 is 14.8 Å². The highest BCUT2D eigenvalue weighted by molar-refractivity contribution is 7.90. The Bertz CT molecular complexity index is 1330. The third kappa shape index (κ3) is 4.45. The van der Waals surface area contributed by atoms with Crippen LogP contribution in [0.5, 0.6) is 17.2 Å². The van der Waals surface area contributed by atoms with Crippen molar-refractivity contribution in [1.82, 2.24) is 9.78 Å². The quantitative estimate of drug-likeness (QED) is 0.624. The fraction of sp³-hybridized carbons (Fsp3) is 0.273. The Labute approximate surface area is 184 Å². The van der Waals surface area contributed by atoms with Crippen molar-refractivity contribution in [2.45, 2.75) is 30.8 Å². The summed E-state index contributed by atoms with van der Waals surface area (Å²) in [6.45, 7) is 3.82. The van der Waals surface area contributed by atoms with Gasteiger partial charge in [-0.05, 0) is 38.1 Å². The molecule has 0 unspecified atom stereocenters. The van der Waals surface area contributed by atoms with Gasteiger partial charge in [-0.15, -0.1) is 0 Å². The van der Waals surface area contributed by atoms with Gasteiger partial charge in [0.2, 0.25) is 0 Å². The van der Waals surface area contributed by atoms with Crippen molar-refractivity contribution in [3.8, 4) is 17.2 Å². The molecule has 3 aromatic rings. The van der Waals surface area contributed by atoms with Crippen LogP contribution in [0.15, 0.2) is 47.5 Å². The topological polar surface area (TPSA) is 99.5 Å². The molecule has 0 bridgehead atoms. The van der Waals surface area contributed by atoms with Crippen LogP contribution in [-0.2, 0) is 23.3 Å². The van der Waals surface area contributed by atoms with Gasteiger partial charge >= 0.3 is 0 Å². The highest BCUT2D eigenvalue weighted by Crippen LogP contribution is 2.43. The number of ether oxygens (including phenoxy) is 2. The Morgan fingerprint density at radius 3 is 2.62 bits per heavy atom. The number of aryl methyl sites for hydroxylation is 1. The third-order valence-corrected chi connectivity index (χ3v) is 6.03. The number of fused-ring (bicyclic) bond motifs is 1. The second-order valence-electron chi connectivity index (χ2n) is 8.28. The standard InChI is InChI=1S/C22H22FN3O5S/c1-22(2)12-15-17(30-14-5-6-19(16(23)11-14)32(4,28)29)9-13(10-18(15)31-22)21(27)24-20-7-8-26(3)25-20/h5-11H,12H2,1-4H3,(H,24,25,27). The smallest absolute Gasteiger partial charge is 0.257 e. The minimum atomic E-state index is -3.71. The summed E-state index contributed by atoms with van der Waals surface area (Å²) in [5.74, 6) is -0.0209. The molecule has 1 aromatic heterocycles. The zero-order valence-corrected chi connectivity index (χ0v) is 18.8. The molecule has 32 heavy (non-hydrogen) atoms. The number of anilines is 1. The number of halogens is 1. The molecule has 2 heterocycles. The molecule has 1 N–H and O–H groups in total. The molecule has 1 amide bonds. The number of benzene rings is 2. The first-order valence-corrected chi connectivity index (χ1v) is 11.6. The average Bonchev–Trinajstić information content (AvgIpc) is 3.21. The molecular weight excluding hydrogens is 437 g/mol. The summed E-state index contributed by atoms with van der Waals surface area (Å²) in [5, 5.41) is 6.84. The van der Waals surface area contributed by atoms with Gasteiger partial charge < -0.3 is 14.8 Å². The van der Waals surface area contributed by atoms with Crippen LogP contribution in [0, 0.1) is 5.82 Å². The summed E-state index contributed by atoms with van der Waals surface area (Å²) in [6, 6.07) is 8.36. The Kier molecular flexibility index (Phi) is 5.20. The van der Waals surface area contributed by atoms with Crippen molar-refractivity contribution in [3.05, 3.63) is 59.5 Å². The van der Waals surface area contributed by atoms with Crippen LogP contribution in [-0.4, -0.2) is 36.0 Å². The highest BCUT2D eigenvalue weighted by Gasteiger charge is 2.34. The number of aromatic nitrogens is 2. The molecule has 0 atom stereocenters. The van der Waals surface area contributed by atoms with Crippen LogP contribution in [0.4, 0.5) is 10.2 Å². The van der Waals surface area contributed by atoms with E-state index in [1.54, 1.807) is 36.1 Å². The van der Waals surface area contributed by atoms with E-state index in [-0.39, 0.29) is 11.3 Å². The predicted molar refractivity (Wildman–Crippen MR) is 116 cm³/mol. The third-order valence-electron chi connectivity index (χ3n) is 4.90. The van der Waals surface area contributed by atoms with Crippen LogP contribution in [0.3, 0.4) is 0 Å². The lowest BCUT2D eigenvalue weighted by Gasteiger charge is -2.16. The van der Waals surface area contributed by atoms with Gasteiger partial charge in [-0.3, -0.25) is 9.48 Å². The van der Waals surface area contributed by atoms with Gasteiger partial charge in [0.15, 0.2) is 15.7 Å². The van der Waals surface area contributed by atoms with Gasteiger partial charge in [0.05, 0.1) is 0 Å². The predicted octanol–water partition coefficient (Wildman–Crippen LogP) is 3.72. The van der Waals surface area contributed by atoms with E-state index in [0.29, 0.717) is 23.7 Å². The van der Waals surface area contributed by atoms with Gasteiger partial charge in [-0.2, -0.15) is 5.10 Å². The lowest BCUT2D eigenvalue weighted by molar-refractivity contribution is 0.102. The fourth-order valence-corrected chi connectivity index (χ4v) is 4.24. The van der Waals surface area contributed by atoms with Crippen molar-refractivity contribution in [2.75, 3.05) is 11.6 Å². The van der Waals surface area contributed by atoms with Gasteiger partial charge in [-0.25, -0.2) is 12.8 Å². The monoisotopic (exact) mass is 459 g/mol. The molecule has 0 radical (unpaired) electrons. The minimum absolute atomic E-state index is 0.101. The van der Waals surface area contributed by atoms with E-state index in [1.807, 2.05) is 13.8 Å². The zero-order chi connectivity index (χ0) is 23.3. The van der Waals surface area contributed by atoms with E-state index in [9.17, 15) is 17.6 Å². The van der Waals surface area contributed by atoms with Crippen molar-refractivity contribution >= 4 is 21.6 Å². The van der Waals surface area contributed by atoms with Crippen LogP contribution >= 0.6 is 0 Å². The number of carbonyl (C=O) groups excluding carboxylic acids is 1. The summed E-state index contributed by atoms with van der Waals surface area (Å²) < 4.78 is 51.1.